The normalized spacial score (nSPS) is 10.4. The van der Waals surface area contributed by atoms with E-state index in [0.29, 0.717) is 13.1 Å². The average Bonchev–Trinajstić information content (AvgIpc) is 2.45. The van der Waals surface area contributed by atoms with Gasteiger partial charge >= 0.3 is 0 Å². The maximum absolute atomic E-state index is 12.0. The van der Waals surface area contributed by atoms with Gasteiger partial charge in [-0.1, -0.05) is 30.3 Å². The highest BCUT2D eigenvalue weighted by atomic mass is 16.5. The monoisotopic (exact) mass is 264 g/mol. The molecule has 0 aliphatic rings. The van der Waals surface area contributed by atoms with E-state index >= 15 is 0 Å². The Hall–Kier alpha value is -1.39. The number of amides is 1. The molecule has 0 saturated carbocycles. The summed E-state index contributed by atoms with van der Waals surface area (Å²) in [6, 6.07) is 10.1. The van der Waals surface area contributed by atoms with E-state index in [9.17, 15) is 4.79 Å². The molecule has 1 rings (SSSR count). The molecule has 4 nitrogen and oxygen atoms in total. The lowest BCUT2D eigenvalue weighted by atomic mass is 10.2. The molecule has 1 aromatic rings. The van der Waals surface area contributed by atoms with Crippen LogP contribution in [-0.2, 0) is 16.1 Å². The molecule has 106 valence electrons. The maximum atomic E-state index is 12.0. The van der Waals surface area contributed by atoms with E-state index in [4.69, 9.17) is 4.74 Å². The molecule has 1 N–H and O–H groups in total. The number of nitrogens with one attached hydrogen (secondary N) is 1. The first-order valence-electron chi connectivity index (χ1n) is 6.79. The fourth-order valence-corrected chi connectivity index (χ4v) is 1.83. The lowest BCUT2D eigenvalue weighted by molar-refractivity contribution is -0.130. The van der Waals surface area contributed by atoms with Crippen LogP contribution < -0.4 is 5.32 Å². The molecule has 1 aromatic carbocycles. The summed E-state index contributed by atoms with van der Waals surface area (Å²) in [5, 5.41) is 3.15. The molecule has 0 fully saturated rings. The van der Waals surface area contributed by atoms with Crippen molar-refractivity contribution >= 4 is 5.91 Å². The third-order valence-electron chi connectivity index (χ3n) is 2.93. The topological polar surface area (TPSA) is 41.6 Å². The van der Waals surface area contributed by atoms with E-state index in [0.717, 1.165) is 31.7 Å². The summed E-state index contributed by atoms with van der Waals surface area (Å²) in [5.74, 6) is 0.142. The number of nitrogens with zero attached hydrogens (tertiary/aromatic N) is 1. The minimum atomic E-state index is 0.142. The first-order valence-corrected chi connectivity index (χ1v) is 6.79. The molecular weight excluding hydrogens is 240 g/mol. The van der Waals surface area contributed by atoms with Crippen molar-refractivity contribution < 1.29 is 9.53 Å². The Morgan fingerprint density at radius 1 is 1.32 bits per heavy atom. The molecule has 0 aliphatic carbocycles. The summed E-state index contributed by atoms with van der Waals surface area (Å²) in [5.41, 5.74) is 1.16. The van der Waals surface area contributed by atoms with Crippen LogP contribution >= 0.6 is 0 Å². The number of rotatable bonds is 9. The van der Waals surface area contributed by atoms with Crippen LogP contribution in [-0.4, -0.2) is 44.2 Å². The Labute approximate surface area is 115 Å². The van der Waals surface area contributed by atoms with Crippen LogP contribution in [0.25, 0.3) is 0 Å². The molecule has 0 aromatic heterocycles. The second kappa shape index (κ2) is 9.53. The zero-order valence-corrected chi connectivity index (χ0v) is 11.9. The molecule has 4 heteroatoms. The number of likely N-dealkylation sites (N-methyl/N-ethyl adjacent to an activating group) is 1. The number of methoxy groups -OCH3 is 1. The summed E-state index contributed by atoms with van der Waals surface area (Å²) in [4.78, 5) is 13.9. The molecule has 19 heavy (non-hydrogen) atoms. The van der Waals surface area contributed by atoms with Gasteiger partial charge in [0.1, 0.15) is 0 Å². The van der Waals surface area contributed by atoms with Gasteiger partial charge in [0, 0.05) is 26.8 Å². The van der Waals surface area contributed by atoms with Gasteiger partial charge in [0.15, 0.2) is 0 Å². The molecule has 0 atom stereocenters. The molecule has 0 radical (unpaired) electrons. The predicted molar refractivity (Wildman–Crippen MR) is 76.9 cm³/mol. The van der Waals surface area contributed by atoms with Crippen molar-refractivity contribution in [2.45, 2.75) is 19.9 Å². The predicted octanol–water partition coefficient (Wildman–Crippen LogP) is 1.66. The number of carbonyl (C=O) groups excluding carboxylic acids is 1. The average molecular weight is 264 g/mol. The second-order valence-electron chi connectivity index (χ2n) is 4.42. The summed E-state index contributed by atoms with van der Waals surface area (Å²) in [6.07, 6.45) is 0.925. The van der Waals surface area contributed by atoms with Crippen molar-refractivity contribution in [3.8, 4) is 0 Å². The van der Waals surface area contributed by atoms with Crippen molar-refractivity contribution in [1.29, 1.82) is 0 Å². The SMILES string of the molecule is CCN(Cc1ccccc1)C(=O)CNCCCOC. The number of ether oxygens (including phenoxy) is 1. The van der Waals surface area contributed by atoms with Gasteiger partial charge in [-0.25, -0.2) is 0 Å². The van der Waals surface area contributed by atoms with Crippen LogP contribution in [0.15, 0.2) is 30.3 Å². The highest BCUT2D eigenvalue weighted by Crippen LogP contribution is 2.04. The molecule has 1 amide bonds. The first kappa shape index (κ1) is 15.7. The van der Waals surface area contributed by atoms with Crippen LogP contribution in [0.3, 0.4) is 0 Å². The van der Waals surface area contributed by atoms with Gasteiger partial charge < -0.3 is 15.0 Å². The highest BCUT2D eigenvalue weighted by molar-refractivity contribution is 5.78. The van der Waals surface area contributed by atoms with Crippen LogP contribution in [0.4, 0.5) is 0 Å². The number of benzene rings is 1. The fraction of sp³-hybridized carbons (Fsp3) is 0.533. The third-order valence-corrected chi connectivity index (χ3v) is 2.93. The largest absolute Gasteiger partial charge is 0.385 e. The summed E-state index contributed by atoms with van der Waals surface area (Å²) in [7, 11) is 1.68. The van der Waals surface area contributed by atoms with Crippen LogP contribution in [0.2, 0.25) is 0 Å². The van der Waals surface area contributed by atoms with E-state index in [1.165, 1.54) is 0 Å². The molecule has 0 unspecified atom stereocenters. The van der Waals surface area contributed by atoms with Crippen molar-refractivity contribution in [3.63, 3.8) is 0 Å². The van der Waals surface area contributed by atoms with Gasteiger partial charge in [0.05, 0.1) is 6.54 Å². The van der Waals surface area contributed by atoms with Crippen molar-refractivity contribution in [3.05, 3.63) is 35.9 Å². The highest BCUT2D eigenvalue weighted by Gasteiger charge is 2.11. The summed E-state index contributed by atoms with van der Waals surface area (Å²) >= 11 is 0. The number of hydrogen-bond donors (Lipinski definition) is 1. The van der Waals surface area contributed by atoms with Crippen LogP contribution in [0, 0.1) is 0 Å². The quantitative estimate of drug-likeness (QED) is 0.690. The Kier molecular flexibility index (Phi) is 7.86. The molecular formula is C15H24N2O2. The van der Waals surface area contributed by atoms with E-state index in [2.05, 4.69) is 5.32 Å². The van der Waals surface area contributed by atoms with E-state index in [1.54, 1.807) is 7.11 Å². The molecule has 0 heterocycles. The number of hydrogen-bond acceptors (Lipinski definition) is 3. The van der Waals surface area contributed by atoms with Gasteiger partial charge in [0.25, 0.3) is 0 Å². The Bertz CT molecular complexity index is 354. The Morgan fingerprint density at radius 2 is 2.05 bits per heavy atom. The van der Waals surface area contributed by atoms with Gasteiger partial charge in [-0.3, -0.25) is 4.79 Å². The van der Waals surface area contributed by atoms with Crippen LogP contribution in [0.1, 0.15) is 18.9 Å². The van der Waals surface area contributed by atoms with Gasteiger partial charge in [-0.15, -0.1) is 0 Å². The van der Waals surface area contributed by atoms with E-state index < -0.39 is 0 Å². The minimum Gasteiger partial charge on any atom is -0.385 e. The van der Waals surface area contributed by atoms with Gasteiger partial charge in [-0.05, 0) is 25.5 Å². The minimum absolute atomic E-state index is 0.142. The smallest absolute Gasteiger partial charge is 0.236 e. The zero-order chi connectivity index (χ0) is 13.9. The van der Waals surface area contributed by atoms with Crippen molar-refractivity contribution in [2.24, 2.45) is 0 Å². The first-order chi connectivity index (χ1) is 9.27. The van der Waals surface area contributed by atoms with E-state index in [1.807, 2.05) is 42.2 Å². The third kappa shape index (κ3) is 6.36. The molecule has 0 aliphatic heterocycles. The van der Waals surface area contributed by atoms with Gasteiger partial charge in [-0.2, -0.15) is 0 Å². The molecule has 0 saturated heterocycles. The zero-order valence-electron chi connectivity index (χ0n) is 11.9. The standard InChI is InChI=1S/C15H24N2O2/c1-3-17(13-14-8-5-4-6-9-14)15(18)12-16-10-7-11-19-2/h4-6,8-9,16H,3,7,10-13H2,1-2H3. The lowest BCUT2D eigenvalue weighted by Gasteiger charge is -2.21. The number of carbonyl (C=O) groups is 1. The molecule has 0 spiro atoms. The van der Waals surface area contributed by atoms with Crippen LogP contribution in [0.5, 0.6) is 0 Å². The molecule has 0 bridgehead atoms. The van der Waals surface area contributed by atoms with Crippen molar-refractivity contribution in [1.82, 2.24) is 10.2 Å². The lowest BCUT2D eigenvalue weighted by Crippen LogP contribution is -2.38. The Balaban J connectivity index is 2.31. The van der Waals surface area contributed by atoms with Crippen molar-refractivity contribution in [2.75, 3.05) is 33.4 Å². The summed E-state index contributed by atoms with van der Waals surface area (Å²) in [6.45, 7) is 5.34. The second-order valence-corrected chi connectivity index (χ2v) is 4.42. The van der Waals surface area contributed by atoms with Gasteiger partial charge in [0.2, 0.25) is 5.91 Å². The summed E-state index contributed by atoms with van der Waals surface area (Å²) < 4.78 is 4.96. The Morgan fingerprint density at radius 3 is 2.68 bits per heavy atom. The maximum Gasteiger partial charge on any atom is 0.236 e. The fourth-order valence-electron chi connectivity index (χ4n) is 1.83. The van der Waals surface area contributed by atoms with E-state index in [-0.39, 0.29) is 5.91 Å².